The van der Waals surface area contributed by atoms with E-state index in [9.17, 15) is 19.2 Å². The van der Waals surface area contributed by atoms with Crippen LogP contribution >= 0.6 is 11.5 Å². The molecule has 1 aromatic heterocycles. The van der Waals surface area contributed by atoms with Crippen LogP contribution in [-0.2, 0) is 14.3 Å². The second kappa shape index (κ2) is 12.2. The minimum Gasteiger partial charge on any atom is -0.497 e. The lowest BCUT2D eigenvalue weighted by Gasteiger charge is -2.32. The zero-order valence-corrected chi connectivity index (χ0v) is 22.3. The molecule has 0 bridgehead atoms. The molecule has 3 amide bonds. The first kappa shape index (κ1) is 28.1. The second-order valence-electron chi connectivity index (χ2n) is 8.30. The van der Waals surface area contributed by atoms with Gasteiger partial charge in [0.1, 0.15) is 23.2 Å². The highest BCUT2D eigenvalue weighted by Crippen LogP contribution is 2.35. The number of aryl methyl sites for hydroxylation is 2. The summed E-state index contributed by atoms with van der Waals surface area (Å²) < 4.78 is 14.1. The van der Waals surface area contributed by atoms with Crippen molar-refractivity contribution in [2.24, 2.45) is 5.73 Å². The summed E-state index contributed by atoms with van der Waals surface area (Å²) in [6, 6.07) is 10.8. The zero-order valence-electron chi connectivity index (χ0n) is 21.4. The molecule has 0 saturated heterocycles. The van der Waals surface area contributed by atoms with Gasteiger partial charge in [0.2, 0.25) is 5.91 Å². The third kappa shape index (κ3) is 6.09. The van der Waals surface area contributed by atoms with E-state index in [-0.39, 0.29) is 22.9 Å². The van der Waals surface area contributed by atoms with Gasteiger partial charge in [-0.05, 0) is 67.2 Å². The fraction of sp³-hybridized carbons (Fsp3) is 0.269. The Hall–Kier alpha value is -4.45. The summed E-state index contributed by atoms with van der Waals surface area (Å²) in [6.45, 7) is 5.04. The van der Waals surface area contributed by atoms with Crippen LogP contribution in [-0.4, -0.2) is 48.3 Å². The Morgan fingerprint density at radius 2 is 1.79 bits per heavy atom. The minimum atomic E-state index is -1.25. The SMILES string of the molecule is CCOC(=O)CNC(=O)C(c1ccc(OC)cc1)N(C(=O)c1snc(C(N)=O)c1N)c1cc(C)ccc1C. The van der Waals surface area contributed by atoms with Crippen LogP contribution in [0.25, 0.3) is 0 Å². The van der Waals surface area contributed by atoms with Crippen molar-refractivity contribution in [3.8, 4) is 5.75 Å². The summed E-state index contributed by atoms with van der Waals surface area (Å²) in [5, 5.41) is 2.57. The van der Waals surface area contributed by atoms with Crippen molar-refractivity contribution in [2.45, 2.75) is 26.8 Å². The van der Waals surface area contributed by atoms with Crippen molar-refractivity contribution in [3.05, 3.63) is 69.7 Å². The Balaban J connectivity index is 2.21. The lowest BCUT2D eigenvalue weighted by molar-refractivity contribution is -0.143. The van der Waals surface area contributed by atoms with E-state index < -0.39 is 36.3 Å². The summed E-state index contributed by atoms with van der Waals surface area (Å²) in [4.78, 5) is 52.8. The van der Waals surface area contributed by atoms with Crippen molar-refractivity contribution in [3.63, 3.8) is 0 Å². The minimum absolute atomic E-state index is 0.0589. The number of hydrogen-bond acceptors (Lipinski definition) is 9. The number of benzene rings is 2. The molecular weight excluding hydrogens is 510 g/mol. The van der Waals surface area contributed by atoms with Crippen molar-refractivity contribution in [1.82, 2.24) is 9.69 Å². The average Bonchev–Trinajstić information content (AvgIpc) is 3.29. The normalized spacial score (nSPS) is 11.4. The summed E-state index contributed by atoms with van der Waals surface area (Å²) in [7, 11) is 1.51. The molecule has 0 spiro atoms. The highest BCUT2D eigenvalue weighted by molar-refractivity contribution is 7.09. The molecule has 0 aliphatic rings. The van der Waals surface area contributed by atoms with Crippen molar-refractivity contribution < 1.29 is 28.7 Å². The van der Waals surface area contributed by atoms with Gasteiger partial charge in [0.25, 0.3) is 11.8 Å². The molecule has 0 saturated carbocycles. The number of rotatable bonds is 10. The van der Waals surface area contributed by atoms with E-state index in [0.717, 1.165) is 5.56 Å². The molecular formula is C26H29N5O6S. The van der Waals surface area contributed by atoms with Crippen LogP contribution in [0, 0.1) is 13.8 Å². The molecule has 12 heteroatoms. The fourth-order valence-corrected chi connectivity index (χ4v) is 4.50. The fourth-order valence-electron chi connectivity index (χ4n) is 3.76. The Kier molecular flexibility index (Phi) is 9.02. The molecule has 3 rings (SSSR count). The van der Waals surface area contributed by atoms with E-state index in [1.54, 1.807) is 44.2 Å². The average molecular weight is 540 g/mol. The molecule has 1 atom stereocenters. The van der Waals surface area contributed by atoms with Gasteiger partial charge in [-0.2, -0.15) is 4.37 Å². The van der Waals surface area contributed by atoms with Crippen molar-refractivity contribution in [1.29, 1.82) is 0 Å². The van der Waals surface area contributed by atoms with E-state index >= 15 is 0 Å². The number of anilines is 2. The molecule has 200 valence electrons. The third-order valence-electron chi connectivity index (χ3n) is 5.65. The van der Waals surface area contributed by atoms with Crippen LogP contribution in [0.1, 0.15) is 49.8 Å². The number of methoxy groups -OCH3 is 1. The Morgan fingerprint density at radius 1 is 1.11 bits per heavy atom. The molecule has 0 aliphatic heterocycles. The maximum atomic E-state index is 14.1. The number of ether oxygens (including phenoxy) is 2. The van der Waals surface area contributed by atoms with Crippen LogP contribution < -0.4 is 26.4 Å². The van der Waals surface area contributed by atoms with Crippen molar-refractivity contribution in [2.75, 3.05) is 30.9 Å². The molecule has 0 aliphatic carbocycles. The Labute approximate surface area is 223 Å². The number of amides is 3. The maximum absolute atomic E-state index is 14.1. The molecule has 2 aromatic carbocycles. The summed E-state index contributed by atoms with van der Waals surface area (Å²) in [5.41, 5.74) is 13.4. The van der Waals surface area contributed by atoms with Crippen LogP contribution in [0.3, 0.4) is 0 Å². The first-order valence-corrected chi connectivity index (χ1v) is 12.4. The number of carbonyl (C=O) groups excluding carboxylic acids is 4. The monoisotopic (exact) mass is 539 g/mol. The van der Waals surface area contributed by atoms with Gasteiger partial charge in [0.05, 0.1) is 19.4 Å². The largest absolute Gasteiger partial charge is 0.497 e. The number of hydrogen-bond donors (Lipinski definition) is 3. The highest BCUT2D eigenvalue weighted by Gasteiger charge is 2.37. The molecule has 0 fully saturated rings. The quantitative estimate of drug-likeness (QED) is 0.330. The molecule has 1 heterocycles. The smallest absolute Gasteiger partial charge is 0.325 e. The second-order valence-corrected chi connectivity index (χ2v) is 9.08. The van der Waals surface area contributed by atoms with Gasteiger partial charge in [0.15, 0.2) is 5.69 Å². The molecule has 11 nitrogen and oxygen atoms in total. The lowest BCUT2D eigenvalue weighted by Crippen LogP contribution is -2.45. The molecule has 0 radical (unpaired) electrons. The van der Waals surface area contributed by atoms with Gasteiger partial charge in [-0.15, -0.1) is 0 Å². The van der Waals surface area contributed by atoms with E-state index in [2.05, 4.69) is 9.69 Å². The van der Waals surface area contributed by atoms with E-state index in [0.29, 0.717) is 34.1 Å². The van der Waals surface area contributed by atoms with Gasteiger partial charge >= 0.3 is 5.97 Å². The number of nitrogens with one attached hydrogen (secondary N) is 1. The summed E-state index contributed by atoms with van der Waals surface area (Å²) in [6.07, 6.45) is 0. The predicted molar refractivity (Wildman–Crippen MR) is 143 cm³/mol. The van der Waals surface area contributed by atoms with E-state index in [1.165, 1.54) is 12.0 Å². The van der Waals surface area contributed by atoms with Crippen molar-refractivity contribution >= 4 is 46.6 Å². The lowest BCUT2D eigenvalue weighted by atomic mass is 10.0. The topological polar surface area (TPSA) is 167 Å². The number of aromatic nitrogens is 1. The summed E-state index contributed by atoms with van der Waals surface area (Å²) >= 11 is 0.708. The number of nitrogens with two attached hydrogens (primary N) is 2. The van der Waals surface area contributed by atoms with Gasteiger partial charge in [-0.3, -0.25) is 24.1 Å². The van der Waals surface area contributed by atoms with Gasteiger partial charge in [-0.25, -0.2) is 0 Å². The number of primary amides is 1. The molecule has 38 heavy (non-hydrogen) atoms. The predicted octanol–water partition coefficient (Wildman–Crippen LogP) is 2.52. The zero-order chi connectivity index (χ0) is 28.0. The van der Waals surface area contributed by atoms with Crippen LogP contribution in [0.15, 0.2) is 42.5 Å². The first-order valence-electron chi connectivity index (χ1n) is 11.6. The first-order chi connectivity index (χ1) is 18.1. The molecule has 1 unspecified atom stereocenters. The van der Waals surface area contributed by atoms with Gasteiger partial charge in [-0.1, -0.05) is 24.3 Å². The van der Waals surface area contributed by atoms with E-state index in [1.807, 2.05) is 19.1 Å². The Bertz CT molecular complexity index is 1350. The summed E-state index contributed by atoms with van der Waals surface area (Å²) in [5.74, 6) is -2.28. The van der Waals surface area contributed by atoms with E-state index in [4.69, 9.17) is 20.9 Å². The number of esters is 1. The molecule has 5 N–H and O–H groups in total. The van der Waals surface area contributed by atoms with Gasteiger partial charge < -0.3 is 26.3 Å². The third-order valence-corrected chi connectivity index (χ3v) is 6.50. The maximum Gasteiger partial charge on any atom is 0.325 e. The number of nitrogen functional groups attached to an aromatic ring is 1. The standard InChI is InChI=1S/C26H29N5O6S/c1-5-37-19(32)13-29-25(34)22(16-8-10-17(36-4)11-9-16)31(18-12-14(2)6-7-15(18)3)26(35)23-20(27)21(24(28)33)30-38-23/h6-12,22H,5,13,27H2,1-4H3,(H2,28,33)(H,29,34). The Morgan fingerprint density at radius 3 is 2.37 bits per heavy atom. The highest BCUT2D eigenvalue weighted by atomic mass is 32.1. The van der Waals surface area contributed by atoms with Crippen LogP contribution in [0.2, 0.25) is 0 Å². The van der Waals surface area contributed by atoms with Gasteiger partial charge in [0, 0.05) is 5.69 Å². The number of nitrogens with zero attached hydrogens (tertiary/aromatic N) is 2. The van der Waals surface area contributed by atoms with Crippen LogP contribution in [0.4, 0.5) is 11.4 Å². The molecule has 3 aromatic rings. The van der Waals surface area contributed by atoms with Crippen LogP contribution in [0.5, 0.6) is 5.75 Å². The number of carbonyl (C=O) groups is 4.